The topological polar surface area (TPSA) is 73.7 Å². The van der Waals surface area contributed by atoms with Crippen LogP contribution in [0.5, 0.6) is 0 Å². The summed E-state index contributed by atoms with van der Waals surface area (Å²) in [6.07, 6.45) is 0.561. The highest BCUT2D eigenvalue weighted by molar-refractivity contribution is 5.85. The standard InChI is InChI=1S/C12H16N2O3/c1-2-8-6-14(7-10(8)15)11-5-3-4-9(13-11)12(16)17/h3-5,8,10,15H,2,6-7H2,1H3,(H,16,17). The molecule has 5 heteroatoms. The van der Waals surface area contributed by atoms with Crippen molar-refractivity contribution in [3.05, 3.63) is 23.9 Å². The number of aromatic carboxylic acids is 1. The predicted molar refractivity (Wildman–Crippen MR) is 63.2 cm³/mol. The van der Waals surface area contributed by atoms with Gasteiger partial charge in [0.05, 0.1) is 6.10 Å². The SMILES string of the molecule is CCC1CN(c2cccc(C(=O)O)n2)CC1O. The van der Waals surface area contributed by atoms with E-state index in [1.165, 1.54) is 6.07 Å². The van der Waals surface area contributed by atoms with Crippen molar-refractivity contribution in [1.29, 1.82) is 0 Å². The Morgan fingerprint density at radius 1 is 1.53 bits per heavy atom. The van der Waals surface area contributed by atoms with Crippen LogP contribution >= 0.6 is 0 Å². The summed E-state index contributed by atoms with van der Waals surface area (Å²) in [4.78, 5) is 16.8. The molecule has 2 rings (SSSR count). The van der Waals surface area contributed by atoms with Crippen LogP contribution in [0.2, 0.25) is 0 Å². The van der Waals surface area contributed by atoms with Crippen LogP contribution in [-0.4, -0.2) is 40.4 Å². The fourth-order valence-corrected chi connectivity index (χ4v) is 2.16. The van der Waals surface area contributed by atoms with Crippen LogP contribution in [0, 0.1) is 5.92 Å². The van der Waals surface area contributed by atoms with Gasteiger partial charge in [0.2, 0.25) is 0 Å². The van der Waals surface area contributed by atoms with Gasteiger partial charge in [-0.2, -0.15) is 0 Å². The summed E-state index contributed by atoms with van der Waals surface area (Å²) in [6.45, 7) is 3.29. The van der Waals surface area contributed by atoms with Crippen molar-refractivity contribution in [2.75, 3.05) is 18.0 Å². The predicted octanol–water partition coefficient (Wildman–Crippen LogP) is 0.987. The van der Waals surface area contributed by atoms with E-state index in [-0.39, 0.29) is 17.7 Å². The number of hydrogen-bond acceptors (Lipinski definition) is 4. The largest absolute Gasteiger partial charge is 0.477 e. The Labute approximate surface area is 99.7 Å². The van der Waals surface area contributed by atoms with Crippen molar-refractivity contribution in [3.63, 3.8) is 0 Å². The molecule has 0 radical (unpaired) electrons. The van der Waals surface area contributed by atoms with Crippen molar-refractivity contribution >= 4 is 11.8 Å². The van der Waals surface area contributed by atoms with Crippen LogP contribution in [-0.2, 0) is 0 Å². The molecule has 2 N–H and O–H groups in total. The van der Waals surface area contributed by atoms with Crippen molar-refractivity contribution in [2.45, 2.75) is 19.4 Å². The molecule has 1 saturated heterocycles. The van der Waals surface area contributed by atoms with Gasteiger partial charge in [0.15, 0.2) is 5.69 Å². The van der Waals surface area contributed by atoms with Gasteiger partial charge in [-0.3, -0.25) is 0 Å². The van der Waals surface area contributed by atoms with Crippen LogP contribution in [0.4, 0.5) is 5.82 Å². The molecule has 0 spiro atoms. The lowest BCUT2D eigenvalue weighted by Gasteiger charge is -2.16. The molecule has 2 atom stereocenters. The van der Waals surface area contributed by atoms with E-state index in [0.29, 0.717) is 12.4 Å². The number of rotatable bonds is 3. The van der Waals surface area contributed by atoms with E-state index in [1.807, 2.05) is 11.8 Å². The van der Waals surface area contributed by atoms with Crippen molar-refractivity contribution < 1.29 is 15.0 Å². The number of β-amino-alcohol motifs (C(OH)–C–C–N with tert-alkyl or cyclic N) is 1. The summed E-state index contributed by atoms with van der Waals surface area (Å²) in [5.74, 6) is -0.163. The van der Waals surface area contributed by atoms with Crippen LogP contribution in [0.15, 0.2) is 18.2 Å². The Bertz CT molecular complexity index is 422. The summed E-state index contributed by atoms with van der Waals surface area (Å²) < 4.78 is 0. The van der Waals surface area contributed by atoms with Gasteiger partial charge in [-0.05, 0) is 18.6 Å². The van der Waals surface area contributed by atoms with E-state index in [4.69, 9.17) is 5.11 Å². The molecule has 1 aliphatic heterocycles. The van der Waals surface area contributed by atoms with E-state index >= 15 is 0 Å². The number of anilines is 1. The van der Waals surface area contributed by atoms with E-state index in [0.717, 1.165) is 13.0 Å². The first kappa shape index (κ1) is 11.9. The molecule has 0 saturated carbocycles. The zero-order valence-electron chi connectivity index (χ0n) is 9.71. The van der Waals surface area contributed by atoms with Gasteiger partial charge in [0.25, 0.3) is 0 Å². The minimum Gasteiger partial charge on any atom is -0.477 e. The third-order valence-electron chi connectivity index (χ3n) is 3.21. The summed E-state index contributed by atoms with van der Waals surface area (Å²) in [5, 5.41) is 18.7. The third kappa shape index (κ3) is 2.39. The fraction of sp³-hybridized carbons (Fsp3) is 0.500. The van der Waals surface area contributed by atoms with Crippen molar-refractivity contribution in [2.24, 2.45) is 5.92 Å². The highest BCUT2D eigenvalue weighted by Gasteiger charge is 2.30. The molecule has 1 aliphatic rings. The monoisotopic (exact) mass is 236 g/mol. The van der Waals surface area contributed by atoms with Crippen molar-refractivity contribution in [3.8, 4) is 0 Å². The minimum atomic E-state index is -1.03. The summed E-state index contributed by atoms with van der Waals surface area (Å²) >= 11 is 0. The lowest BCUT2D eigenvalue weighted by atomic mass is 10.0. The molecule has 0 bridgehead atoms. The number of aromatic nitrogens is 1. The van der Waals surface area contributed by atoms with Gasteiger partial charge in [-0.15, -0.1) is 0 Å². The summed E-state index contributed by atoms with van der Waals surface area (Å²) in [7, 11) is 0. The maximum Gasteiger partial charge on any atom is 0.354 e. The summed E-state index contributed by atoms with van der Waals surface area (Å²) in [5.41, 5.74) is 0.0388. The van der Waals surface area contributed by atoms with Gasteiger partial charge < -0.3 is 15.1 Å². The molecule has 5 nitrogen and oxygen atoms in total. The van der Waals surface area contributed by atoms with E-state index < -0.39 is 5.97 Å². The molecule has 0 amide bonds. The maximum atomic E-state index is 10.8. The zero-order chi connectivity index (χ0) is 12.4. The maximum absolute atomic E-state index is 10.8. The first-order chi connectivity index (χ1) is 8.11. The Morgan fingerprint density at radius 3 is 2.88 bits per heavy atom. The number of aliphatic hydroxyl groups excluding tert-OH is 1. The highest BCUT2D eigenvalue weighted by atomic mass is 16.4. The molecular weight excluding hydrogens is 220 g/mol. The quantitative estimate of drug-likeness (QED) is 0.818. The number of carbonyl (C=O) groups is 1. The van der Waals surface area contributed by atoms with E-state index in [1.54, 1.807) is 12.1 Å². The Hall–Kier alpha value is -1.62. The Morgan fingerprint density at radius 2 is 2.29 bits per heavy atom. The van der Waals surface area contributed by atoms with Gasteiger partial charge in [0.1, 0.15) is 5.82 Å². The molecule has 1 aromatic heterocycles. The van der Waals surface area contributed by atoms with Crippen molar-refractivity contribution in [1.82, 2.24) is 4.98 Å². The first-order valence-electron chi connectivity index (χ1n) is 5.75. The van der Waals surface area contributed by atoms with Gasteiger partial charge in [-0.1, -0.05) is 13.0 Å². The normalized spacial score (nSPS) is 24.0. The minimum absolute atomic E-state index is 0.0388. The molecule has 92 valence electrons. The highest BCUT2D eigenvalue weighted by Crippen LogP contribution is 2.24. The molecular formula is C12H16N2O3. The van der Waals surface area contributed by atoms with Gasteiger partial charge in [-0.25, -0.2) is 9.78 Å². The second-order valence-electron chi connectivity index (χ2n) is 4.33. The molecule has 0 aromatic carbocycles. The molecule has 2 unspecified atom stereocenters. The van der Waals surface area contributed by atoms with E-state index in [2.05, 4.69) is 4.98 Å². The lowest BCUT2D eigenvalue weighted by Crippen LogP contribution is -2.22. The zero-order valence-corrected chi connectivity index (χ0v) is 9.71. The number of carboxylic acid groups (broad SMARTS) is 1. The molecule has 1 fully saturated rings. The number of pyridine rings is 1. The van der Waals surface area contributed by atoms with Crippen LogP contribution in [0.1, 0.15) is 23.8 Å². The molecule has 0 aliphatic carbocycles. The van der Waals surface area contributed by atoms with Crippen LogP contribution in [0.25, 0.3) is 0 Å². The number of nitrogens with zero attached hydrogens (tertiary/aromatic N) is 2. The number of aliphatic hydroxyl groups is 1. The second-order valence-corrected chi connectivity index (χ2v) is 4.33. The van der Waals surface area contributed by atoms with Gasteiger partial charge >= 0.3 is 5.97 Å². The lowest BCUT2D eigenvalue weighted by molar-refractivity contribution is 0.0690. The third-order valence-corrected chi connectivity index (χ3v) is 3.21. The summed E-state index contributed by atoms with van der Waals surface area (Å²) in [6, 6.07) is 4.92. The number of hydrogen-bond donors (Lipinski definition) is 2. The number of carboxylic acids is 1. The smallest absolute Gasteiger partial charge is 0.354 e. The molecule has 1 aromatic rings. The molecule has 17 heavy (non-hydrogen) atoms. The second kappa shape index (κ2) is 4.71. The Kier molecular flexibility index (Phi) is 3.28. The molecule has 2 heterocycles. The average Bonchev–Trinajstić information content (AvgIpc) is 2.71. The van der Waals surface area contributed by atoms with Crippen LogP contribution in [0.3, 0.4) is 0 Å². The van der Waals surface area contributed by atoms with E-state index in [9.17, 15) is 9.90 Å². The van der Waals surface area contributed by atoms with Gasteiger partial charge in [0, 0.05) is 19.0 Å². The average molecular weight is 236 g/mol. The first-order valence-corrected chi connectivity index (χ1v) is 5.75. The van der Waals surface area contributed by atoms with Crippen LogP contribution < -0.4 is 4.90 Å². The Balaban J connectivity index is 2.18. The fourth-order valence-electron chi connectivity index (χ4n) is 2.16.